The molecule has 0 unspecified atom stereocenters. The van der Waals surface area contributed by atoms with Crippen LogP contribution in [-0.4, -0.2) is 17.4 Å². The number of carbonyl (C=O) groups is 1. The number of Topliss-reactive ketones (excluding diaryl/α,β-unsaturated/α-hetero) is 1. The van der Waals surface area contributed by atoms with Gasteiger partial charge in [-0.05, 0) is 54.8 Å². The fourth-order valence-corrected chi connectivity index (χ4v) is 4.26. The largest absolute Gasteiger partial charge is 0.477 e. The molecule has 5 rings (SSSR count). The van der Waals surface area contributed by atoms with E-state index in [9.17, 15) is 4.79 Å². The van der Waals surface area contributed by atoms with Crippen LogP contribution in [0.15, 0.2) is 60.4 Å². The van der Waals surface area contributed by atoms with Crippen LogP contribution in [0.4, 0.5) is 0 Å². The van der Waals surface area contributed by atoms with Crippen molar-refractivity contribution in [1.82, 2.24) is 4.90 Å². The zero-order valence-electron chi connectivity index (χ0n) is 17.4. The molecule has 2 aliphatic heterocycles. The Morgan fingerprint density at radius 1 is 1.06 bits per heavy atom. The highest BCUT2D eigenvalue weighted by Gasteiger charge is 2.33. The molecular formula is C26H22ClNO3. The Morgan fingerprint density at radius 3 is 2.61 bits per heavy atom. The first-order chi connectivity index (χ1) is 15.0. The maximum absolute atomic E-state index is 13.1. The average molecular weight is 432 g/mol. The number of rotatable bonds is 3. The van der Waals surface area contributed by atoms with Gasteiger partial charge >= 0.3 is 0 Å². The lowest BCUT2D eigenvalue weighted by Gasteiger charge is -2.30. The van der Waals surface area contributed by atoms with Gasteiger partial charge in [0.25, 0.3) is 0 Å². The summed E-state index contributed by atoms with van der Waals surface area (Å²) in [5.74, 6) is 1.69. The minimum atomic E-state index is -0.0843. The number of ether oxygens (including phenoxy) is 2. The number of benzene rings is 3. The minimum absolute atomic E-state index is 0.0843. The van der Waals surface area contributed by atoms with E-state index in [1.54, 1.807) is 0 Å². The third-order valence-corrected chi connectivity index (χ3v) is 6.05. The summed E-state index contributed by atoms with van der Waals surface area (Å²) >= 11 is 5.99. The predicted molar refractivity (Wildman–Crippen MR) is 121 cm³/mol. The van der Waals surface area contributed by atoms with E-state index in [-0.39, 0.29) is 5.78 Å². The average Bonchev–Trinajstić information content (AvgIpc) is 3.07. The van der Waals surface area contributed by atoms with Crippen molar-refractivity contribution in [2.24, 2.45) is 0 Å². The maximum Gasteiger partial charge on any atom is 0.231 e. The van der Waals surface area contributed by atoms with Crippen LogP contribution in [0.2, 0.25) is 5.02 Å². The van der Waals surface area contributed by atoms with Crippen LogP contribution in [0, 0.1) is 13.8 Å². The Labute approximate surface area is 186 Å². The number of fused-ring (bicyclic) bond motifs is 2. The van der Waals surface area contributed by atoms with Gasteiger partial charge in [-0.3, -0.25) is 9.69 Å². The number of carbonyl (C=O) groups excluding carboxylic acids is 1. The second kappa shape index (κ2) is 7.88. The second-order valence-corrected chi connectivity index (χ2v) is 8.49. The molecule has 0 amide bonds. The van der Waals surface area contributed by atoms with Gasteiger partial charge in [0, 0.05) is 29.2 Å². The first-order valence-electron chi connectivity index (χ1n) is 10.3. The van der Waals surface area contributed by atoms with Crippen LogP contribution in [-0.2, 0) is 13.1 Å². The first-order valence-corrected chi connectivity index (χ1v) is 10.6. The fraction of sp³-hybridized carbons (Fsp3) is 0.192. The van der Waals surface area contributed by atoms with E-state index in [1.807, 2.05) is 74.5 Å². The predicted octanol–water partition coefficient (Wildman–Crippen LogP) is 5.93. The Morgan fingerprint density at radius 2 is 1.84 bits per heavy atom. The molecule has 0 aliphatic carbocycles. The molecule has 0 N–H and O–H groups in total. The number of allylic oxidation sites excluding steroid dienone is 1. The lowest BCUT2D eigenvalue weighted by atomic mass is 9.99. The van der Waals surface area contributed by atoms with Gasteiger partial charge in [-0.2, -0.15) is 0 Å². The molecule has 0 radical (unpaired) electrons. The quantitative estimate of drug-likeness (QED) is 0.482. The van der Waals surface area contributed by atoms with E-state index < -0.39 is 0 Å². The molecule has 0 bridgehead atoms. The molecule has 31 heavy (non-hydrogen) atoms. The van der Waals surface area contributed by atoms with Crippen molar-refractivity contribution in [2.45, 2.75) is 26.9 Å². The fourth-order valence-electron chi connectivity index (χ4n) is 4.14. The smallest absolute Gasteiger partial charge is 0.231 e. The summed E-state index contributed by atoms with van der Waals surface area (Å²) in [6, 6.07) is 17.7. The maximum atomic E-state index is 13.1. The molecule has 3 aromatic carbocycles. The molecule has 4 nitrogen and oxygen atoms in total. The monoisotopic (exact) mass is 431 g/mol. The van der Waals surface area contributed by atoms with Crippen LogP contribution < -0.4 is 9.47 Å². The number of ketones is 1. The standard InChI is InChI=1S/C26H22ClNO3/c1-16-5-3-4-6-19(16)12-23-24(29)22-11-20-14-28(13-18-7-9-21(27)10-8-18)15-30-25(20)17(2)26(22)31-23/h3-12H,13-15H2,1-2H3/b23-12-. The Balaban J connectivity index is 1.43. The summed E-state index contributed by atoms with van der Waals surface area (Å²) in [5.41, 5.74) is 5.72. The van der Waals surface area contributed by atoms with E-state index in [2.05, 4.69) is 4.90 Å². The van der Waals surface area contributed by atoms with Gasteiger partial charge in [0.2, 0.25) is 5.78 Å². The molecule has 3 aromatic rings. The van der Waals surface area contributed by atoms with Crippen LogP contribution >= 0.6 is 11.6 Å². The minimum Gasteiger partial charge on any atom is -0.477 e. The molecular weight excluding hydrogens is 410 g/mol. The van der Waals surface area contributed by atoms with Crippen LogP contribution in [0.1, 0.15) is 38.2 Å². The third-order valence-electron chi connectivity index (χ3n) is 5.80. The Bertz CT molecular complexity index is 1210. The topological polar surface area (TPSA) is 38.8 Å². The summed E-state index contributed by atoms with van der Waals surface area (Å²) in [4.78, 5) is 15.3. The highest BCUT2D eigenvalue weighted by molar-refractivity contribution is 6.30. The zero-order chi connectivity index (χ0) is 21.5. The van der Waals surface area contributed by atoms with Crippen molar-refractivity contribution in [3.05, 3.63) is 98.8 Å². The van der Waals surface area contributed by atoms with Gasteiger partial charge < -0.3 is 9.47 Å². The summed E-state index contributed by atoms with van der Waals surface area (Å²) in [7, 11) is 0. The van der Waals surface area contributed by atoms with Crippen molar-refractivity contribution in [2.75, 3.05) is 6.73 Å². The van der Waals surface area contributed by atoms with Crippen LogP contribution in [0.5, 0.6) is 11.5 Å². The number of halogens is 1. The molecule has 156 valence electrons. The lowest BCUT2D eigenvalue weighted by Crippen LogP contribution is -2.32. The Hall–Kier alpha value is -3.08. The van der Waals surface area contributed by atoms with E-state index in [1.165, 1.54) is 0 Å². The van der Waals surface area contributed by atoms with Gasteiger partial charge in [-0.25, -0.2) is 0 Å². The first kappa shape index (κ1) is 19.9. The van der Waals surface area contributed by atoms with Crippen molar-refractivity contribution in [3.8, 4) is 11.5 Å². The molecule has 2 heterocycles. The molecule has 0 atom stereocenters. The Kier molecular flexibility index (Phi) is 5.05. The number of hydrogen-bond acceptors (Lipinski definition) is 4. The summed E-state index contributed by atoms with van der Waals surface area (Å²) in [5, 5.41) is 0.725. The van der Waals surface area contributed by atoms with E-state index in [0.29, 0.717) is 30.3 Å². The molecule has 2 aliphatic rings. The highest BCUT2D eigenvalue weighted by Crippen LogP contribution is 2.43. The zero-order valence-corrected chi connectivity index (χ0v) is 18.2. The third kappa shape index (κ3) is 3.73. The summed E-state index contributed by atoms with van der Waals surface area (Å²) in [6.07, 6.45) is 1.82. The van der Waals surface area contributed by atoms with E-state index in [0.717, 1.165) is 45.1 Å². The number of nitrogens with zero attached hydrogens (tertiary/aromatic N) is 1. The van der Waals surface area contributed by atoms with Gasteiger partial charge in [0.15, 0.2) is 5.76 Å². The van der Waals surface area contributed by atoms with Crippen LogP contribution in [0.25, 0.3) is 6.08 Å². The van der Waals surface area contributed by atoms with Gasteiger partial charge in [0.1, 0.15) is 18.2 Å². The second-order valence-electron chi connectivity index (χ2n) is 8.05. The van der Waals surface area contributed by atoms with Gasteiger partial charge in [0.05, 0.1) is 5.56 Å². The number of aryl methyl sites for hydroxylation is 1. The molecule has 0 saturated heterocycles. The molecule has 0 fully saturated rings. The molecule has 0 aromatic heterocycles. The molecule has 0 saturated carbocycles. The van der Waals surface area contributed by atoms with Gasteiger partial charge in [-0.1, -0.05) is 48.0 Å². The van der Waals surface area contributed by atoms with E-state index in [4.69, 9.17) is 21.1 Å². The molecule has 5 heteroatoms. The van der Waals surface area contributed by atoms with Crippen molar-refractivity contribution in [3.63, 3.8) is 0 Å². The SMILES string of the molecule is Cc1ccccc1/C=C1\Oc2c(cc3c(c2C)OCN(Cc2ccc(Cl)cc2)C3)C1=O. The highest BCUT2D eigenvalue weighted by atomic mass is 35.5. The van der Waals surface area contributed by atoms with Crippen molar-refractivity contribution >= 4 is 23.5 Å². The normalized spacial score (nSPS) is 16.6. The van der Waals surface area contributed by atoms with Crippen molar-refractivity contribution in [1.29, 1.82) is 0 Å². The van der Waals surface area contributed by atoms with Crippen molar-refractivity contribution < 1.29 is 14.3 Å². The summed E-state index contributed by atoms with van der Waals surface area (Å²) < 4.78 is 12.1. The van der Waals surface area contributed by atoms with Gasteiger partial charge in [-0.15, -0.1) is 0 Å². The number of hydrogen-bond donors (Lipinski definition) is 0. The summed E-state index contributed by atoms with van der Waals surface area (Å²) in [6.45, 7) is 5.91. The van der Waals surface area contributed by atoms with E-state index >= 15 is 0 Å². The van der Waals surface area contributed by atoms with Crippen LogP contribution in [0.3, 0.4) is 0 Å². The molecule has 0 spiro atoms. The lowest BCUT2D eigenvalue weighted by molar-refractivity contribution is 0.0876.